The molecule has 102 valence electrons. The summed E-state index contributed by atoms with van der Waals surface area (Å²) in [5, 5.41) is 0.853. The molecule has 0 aliphatic rings. The van der Waals surface area contributed by atoms with E-state index in [0.717, 1.165) is 10.9 Å². The van der Waals surface area contributed by atoms with Gasteiger partial charge < -0.3 is 20.2 Å². The van der Waals surface area contributed by atoms with Crippen LogP contribution in [0.25, 0.3) is 10.9 Å². The van der Waals surface area contributed by atoms with Crippen LogP contribution < -0.4 is 15.2 Å². The van der Waals surface area contributed by atoms with E-state index in [1.54, 1.807) is 18.2 Å². The molecule has 1 aromatic carbocycles. The van der Waals surface area contributed by atoms with Gasteiger partial charge in [-0.05, 0) is 12.0 Å². The van der Waals surface area contributed by atoms with Gasteiger partial charge in [0, 0.05) is 30.1 Å². The number of carbonyl (C=O) groups excluding carboxylic acids is 1. The van der Waals surface area contributed by atoms with Gasteiger partial charge in [-0.3, -0.25) is 4.79 Å². The third-order valence-corrected chi connectivity index (χ3v) is 2.52. The van der Waals surface area contributed by atoms with E-state index in [2.05, 4.69) is 18.8 Å². The Bertz CT molecular complexity index is 602. The summed E-state index contributed by atoms with van der Waals surface area (Å²) in [6.07, 6.45) is 0. The summed E-state index contributed by atoms with van der Waals surface area (Å²) < 4.78 is 10.8. The number of H-pyrrole nitrogens is 1. The zero-order valence-electron chi connectivity index (χ0n) is 11.3. The van der Waals surface area contributed by atoms with Crippen molar-refractivity contribution in [3.05, 3.63) is 18.2 Å². The second kappa shape index (κ2) is 5.22. The molecule has 3 N–H and O–H groups in total. The first-order chi connectivity index (χ1) is 8.95. The largest absolute Gasteiger partial charge is 0.493 e. The lowest BCUT2D eigenvalue weighted by atomic mass is 10.2. The number of aromatic amines is 1. The van der Waals surface area contributed by atoms with Crippen LogP contribution in [-0.4, -0.2) is 17.6 Å². The van der Waals surface area contributed by atoms with Crippen molar-refractivity contribution < 1.29 is 14.3 Å². The van der Waals surface area contributed by atoms with Gasteiger partial charge in [-0.15, -0.1) is 0 Å². The maximum atomic E-state index is 11.0. The molecule has 0 atom stereocenters. The Hall–Kier alpha value is -2.17. The Kier molecular flexibility index (Phi) is 3.64. The molecule has 0 saturated carbocycles. The van der Waals surface area contributed by atoms with Gasteiger partial charge in [-0.1, -0.05) is 13.8 Å². The van der Waals surface area contributed by atoms with Crippen LogP contribution in [0.3, 0.4) is 0 Å². The molecule has 19 heavy (non-hydrogen) atoms. The van der Waals surface area contributed by atoms with Crippen LogP contribution in [0.4, 0.5) is 5.69 Å². The van der Waals surface area contributed by atoms with Crippen molar-refractivity contribution in [3.8, 4) is 11.6 Å². The van der Waals surface area contributed by atoms with E-state index in [9.17, 15) is 4.79 Å². The zero-order chi connectivity index (χ0) is 14.0. The van der Waals surface area contributed by atoms with E-state index >= 15 is 0 Å². The standard InChI is InChI=1S/C14H18N2O3/c1-8(2)7-18-13-5-10(15)4-12-11(13)6-14(16-12)19-9(3)17/h4-6,8,16H,7,15H2,1-3H3. The van der Waals surface area contributed by atoms with Gasteiger partial charge in [-0.2, -0.15) is 0 Å². The average molecular weight is 262 g/mol. The van der Waals surface area contributed by atoms with Gasteiger partial charge in [-0.25, -0.2) is 0 Å². The van der Waals surface area contributed by atoms with Crippen LogP contribution in [0.5, 0.6) is 11.6 Å². The number of hydrogen-bond donors (Lipinski definition) is 2. The van der Waals surface area contributed by atoms with E-state index in [4.69, 9.17) is 15.2 Å². The molecular formula is C14H18N2O3. The highest BCUT2D eigenvalue weighted by atomic mass is 16.5. The molecular weight excluding hydrogens is 244 g/mol. The fourth-order valence-electron chi connectivity index (χ4n) is 1.79. The molecule has 0 aliphatic carbocycles. The SMILES string of the molecule is CC(=O)Oc1cc2c(OCC(C)C)cc(N)cc2[nH]1. The number of ether oxygens (including phenoxy) is 2. The predicted octanol–water partition coefficient (Wildman–Crippen LogP) is 2.71. The summed E-state index contributed by atoms with van der Waals surface area (Å²) in [7, 11) is 0. The third-order valence-electron chi connectivity index (χ3n) is 2.52. The monoisotopic (exact) mass is 262 g/mol. The molecule has 0 unspecified atom stereocenters. The first kappa shape index (κ1) is 13.3. The molecule has 0 radical (unpaired) electrons. The lowest BCUT2D eigenvalue weighted by Crippen LogP contribution is -2.05. The van der Waals surface area contributed by atoms with Crippen molar-refractivity contribution in [2.75, 3.05) is 12.3 Å². The molecule has 0 saturated heterocycles. The molecule has 1 aromatic heterocycles. The van der Waals surface area contributed by atoms with Gasteiger partial charge in [0.15, 0.2) is 0 Å². The average Bonchev–Trinajstić information content (AvgIpc) is 2.66. The smallest absolute Gasteiger partial charge is 0.309 e. The molecule has 5 nitrogen and oxygen atoms in total. The number of hydrogen-bond acceptors (Lipinski definition) is 4. The number of benzene rings is 1. The molecule has 0 fully saturated rings. The number of anilines is 1. The molecule has 0 aliphatic heterocycles. The normalized spacial score (nSPS) is 10.9. The first-order valence-electron chi connectivity index (χ1n) is 6.19. The number of nitrogens with two attached hydrogens (primary N) is 1. The van der Waals surface area contributed by atoms with E-state index in [0.29, 0.717) is 29.8 Å². The van der Waals surface area contributed by atoms with Gasteiger partial charge in [0.2, 0.25) is 5.88 Å². The van der Waals surface area contributed by atoms with E-state index < -0.39 is 0 Å². The van der Waals surface area contributed by atoms with Crippen molar-refractivity contribution in [2.45, 2.75) is 20.8 Å². The Balaban J connectivity index is 2.38. The second-order valence-electron chi connectivity index (χ2n) is 4.91. The quantitative estimate of drug-likeness (QED) is 0.656. The Labute approximate surface area is 111 Å². The number of fused-ring (bicyclic) bond motifs is 1. The van der Waals surface area contributed by atoms with Crippen LogP contribution in [0.2, 0.25) is 0 Å². The number of aromatic nitrogens is 1. The van der Waals surface area contributed by atoms with Gasteiger partial charge in [0.1, 0.15) is 5.75 Å². The Morgan fingerprint density at radius 3 is 2.74 bits per heavy atom. The molecule has 0 spiro atoms. The molecule has 1 heterocycles. The first-order valence-corrected chi connectivity index (χ1v) is 6.19. The van der Waals surface area contributed by atoms with Crippen molar-refractivity contribution >= 4 is 22.6 Å². The Morgan fingerprint density at radius 1 is 1.37 bits per heavy atom. The van der Waals surface area contributed by atoms with Gasteiger partial charge >= 0.3 is 5.97 Å². The summed E-state index contributed by atoms with van der Waals surface area (Å²) in [6, 6.07) is 5.30. The van der Waals surface area contributed by atoms with Crippen molar-refractivity contribution in [1.82, 2.24) is 4.98 Å². The lowest BCUT2D eigenvalue weighted by Gasteiger charge is -2.10. The maximum absolute atomic E-state index is 11.0. The minimum atomic E-state index is -0.371. The van der Waals surface area contributed by atoms with Crippen LogP contribution in [0, 0.1) is 5.92 Å². The highest BCUT2D eigenvalue weighted by molar-refractivity contribution is 5.91. The second-order valence-corrected chi connectivity index (χ2v) is 4.91. The minimum absolute atomic E-state index is 0.371. The topological polar surface area (TPSA) is 77.3 Å². The molecule has 0 bridgehead atoms. The lowest BCUT2D eigenvalue weighted by molar-refractivity contribution is -0.132. The molecule has 5 heteroatoms. The zero-order valence-corrected chi connectivity index (χ0v) is 11.3. The fourth-order valence-corrected chi connectivity index (χ4v) is 1.79. The van der Waals surface area contributed by atoms with E-state index in [1.807, 2.05) is 0 Å². The summed E-state index contributed by atoms with van der Waals surface area (Å²) in [5.41, 5.74) is 7.22. The van der Waals surface area contributed by atoms with E-state index in [-0.39, 0.29) is 5.97 Å². The number of nitrogen functional groups attached to an aromatic ring is 1. The van der Waals surface area contributed by atoms with Gasteiger partial charge in [0.05, 0.1) is 12.1 Å². The van der Waals surface area contributed by atoms with Crippen LogP contribution in [-0.2, 0) is 4.79 Å². The highest BCUT2D eigenvalue weighted by Crippen LogP contribution is 2.32. The summed E-state index contributed by atoms with van der Waals surface area (Å²) in [4.78, 5) is 14.0. The number of rotatable bonds is 4. The molecule has 2 rings (SSSR count). The Morgan fingerprint density at radius 2 is 2.11 bits per heavy atom. The highest BCUT2D eigenvalue weighted by Gasteiger charge is 2.10. The van der Waals surface area contributed by atoms with Crippen LogP contribution >= 0.6 is 0 Å². The fraction of sp³-hybridized carbons (Fsp3) is 0.357. The number of carbonyl (C=O) groups is 1. The third kappa shape index (κ3) is 3.19. The van der Waals surface area contributed by atoms with Crippen molar-refractivity contribution in [2.24, 2.45) is 5.92 Å². The maximum Gasteiger partial charge on any atom is 0.309 e. The van der Waals surface area contributed by atoms with Crippen molar-refractivity contribution in [3.63, 3.8) is 0 Å². The van der Waals surface area contributed by atoms with Gasteiger partial charge in [0.25, 0.3) is 0 Å². The van der Waals surface area contributed by atoms with Crippen LogP contribution in [0.1, 0.15) is 20.8 Å². The van der Waals surface area contributed by atoms with Crippen molar-refractivity contribution in [1.29, 1.82) is 0 Å². The van der Waals surface area contributed by atoms with E-state index in [1.165, 1.54) is 6.92 Å². The number of esters is 1. The molecule has 0 amide bonds. The summed E-state index contributed by atoms with van der Waals surface area (Å²) >= 11 is 0. The number of nitrogens with one attached hydrogen (secondary N) is 1. The summed E-state index contributed by atoms with van der Waals surface area (Å²) in [6.45, 7) is 6.11. The van der Waals surface area contributed by atoms with Crippen LogP contribution in [0.15, 0.2) is 18.2 Å². The predicted molar refractivity (Wildman–Crippen MR) is 74.4 cm³/mol. The summed E-state index contributed by atoms with van der Waals surface area (Å²) in [5.74, 6) is 1.13. The molecule has 2 aromatic rings. The minimum Gasteiger partial charge on any atom is -0.493 e.